The van der Waals surface area contributed by atoms with Crippen molar-refractivity contribution in [1.82, 2.24) is 0 Å². The fourth-order valence-electron chi connectivity index (χ4n) is 2.95. The average molecular weight is 526 g/mol. The van der Waals surface area contributed by atoms with Crippen LogP contribution in [0.2, 0.25) is 10.0 Å². The Balaban J connectivity index is 2.35. The van der Waals surface area contributed by atoms with Crippen LogP contribution in [0.4, 0.5) is 11.4 Å². The number of Topliss-reactive ketones (excluding diaryl/α,β-unsaturated/α-hetero) is 1. The second kappa shape index (κ2) is 13.7. The summed E-state index contributed by atoms with van der Waals surface area (Å²) in [5, 5.41) is 11.0. The molecular weight excluding hydrogens is 497 g/mol. The van der Waals surface area contributed by atoms with E-state index in [-0.39, 0.29) is 21.4 Å². The first-order chi connectivity index (χ1) is 16.7. The van der Waals surface area contributed by atoms with Gasteiger partial charge in [0.2, 0.25) is 6.04 Å². The number of halogens is 2. The highest BCUT2D eigenvalue weighted by Crippen LogP contribution is 2.39. The molecule has 35 heavy (non-hydrogen) atoms. The smallest absolute Gasteiger partial charge is 0.258 e. The number of nitrogens with one attached hydrogen (secondary N) is 1. The Kier molecular flexibility index (Phi) is 11.1. The first kappa shape index (κ1) is 28.2. The third-order valence-electron chi connectivity index (χ3n) is 4.41. The number of ketones is 1. The second-order valence-electron chi connectivity index (χ2n) is 6.98. The molecule has 190 valence electrons. The van der Waals surface area contributed by atoms with E-state index in [9.17, 15) is 9.59 Å². The molecule has 0 saturated carbocycles. The molecule has 1 atom stereocenters. The van der Waals surface area contributed by atoms with Gasteiger partial charge in [-0.2, -0.15) is 10.2 Å². The molecule has 0 bridgehead atoms. The molecule has 1 amide bonds. The number of carbonyl (C=O) groups is 2. The van der Waals surface area contributed by atoms with Crippen molar-refractivity contribution in [3.8, 4) is 23.0 Å². The van der Waals surface area contributed by atoms with Crippen molar-refractivity contribution in [2.24, 2.45) is 10.2 Å². The standard InChI is InChI=1S/C24H29Cl2N3O6/c1-6-32-15-10-18(22(26)21(11-15)35-9-4)27-24(31)23(14(5)30)29-28-17-13-20(34-8-3)19(33-7-2)12-16(17)25/h10-13,23H,6-9H2,1-5H3,(H,27,31). The third-order valence-corrected chi connectivity index (χ3v) is 5.10. The van der Waals surface area contributed by atoms with E-state index in [1.165, 1.54) is 19.1 Å². The molecule has 2 rings (SSSR count). The van der Waals surface area contributed by atoms with Crippen molar-refractivity contribution in [2.45, 2.75) is 40.7 Å². The molecule has 11 heteroatoms. The number of anilines is 1. The zero-order chi connectivity index (χ0) is 26.0. The predicted octanol–water partition coefficient (Wildman–Crippen LogP) is 6.27. The predicted molar refractivity (Wildman–Crippen MR) is 135 cm³/mol. The normalized spacial score (nSPS) is 11.7. The van der Waals surface area contributed by atoms with Crippen LogP contribution >= 0.6 is 23.2 Å². The first-order valence-corrected chi connectivity index (χ1v) is 11.9. The van der Waals surface area contributed by atoms with E-state index in [1.807, 2.05) is 20.8 Å². The highest BCUT2D eigenvalue weighted by atomic mass is 35.5. The molecule has 0 aliphatic heterocycles. The van der Waals surface area contributed by atoms with Crippen LogP contribution in [-0.4, -0.2) is 44.2 Å². The fraction of sp³-hybridized carbons (Fsp3) is 0.417. The topological polar surface area (TPSA) is 108 Å². The largest absolute Gasteiger partial charge is 0.494 e. The van der Waals surface area contributed by atoms with Crippen molar-refractivity contribution in [2.75, 3.05) is 31.7 Å². The van der Waals surface area contributed by atoms with Crippen LogP contribution in [0.1, 0.15) is 34.6 Å². The van der Waals surface area contributed by atoms with Crippen LogP contribution in [0.5, 0.6) is 23.0 Å². The summed E-state index contributed by atoms with van der Waals surface area (Å²) in [7, 11) is 0. The van der Waals surface area contributed by atoms with E-state index in [0.29, 0.717) is 49.4 Å². The zero-order valence-electron chi connectivity index (χ0n) is 20.3. The highest BCUT2D eigenvalue weighted by Gasteiger charge is 2.25. The lowest BCUT2D eigenvalue weighted by Crippen LogP contribution is -2.32. The van der Waals surface area contributed by atoms with Crippen LogP contribution < -0.4 is 24.3 Å². The van der Waals surface area contributed by atoms with Gasteiger partial charge >= 0.3 is 0 Å². The maximum absolute atomic E-state index is 13.0. The zero-order valence-corrected chi connectivity index (χ0v) is 21.8. The van der Waals surface area contributed by atoms with Gasteiger partial charge in [0.25, 0.3) is 5.91 Å². The number of ether oxygens (including phenoxy) is 4. The van der Waals surface area contributed by atoms with Crippen molar-refractivity contribution in [1.29, 1.82) is 0 Å². The van der Waals surface area contributed by atoms with Gasteiger partial charge in [-0.1, -0.05) is 23.2 Å². The summed E-state index contributed by atoms with van der Waals surface area (Å²) < 4.78 is 22.1. The maximum atomic E-state index is 13.0. The number of hydrogen-bond acceptors (Lipinski definition) is 8. The lowest BCUT2D eigenvalue weighted by molar-refractivity contribution is -0.126. The Morgan fingerprint density at radius 1 is 0.857 bits per heavy atom. The number of nitrogens with zero attached hydrogens (tertiary/aromatic N) is 2. The van der Waals surface area contributed by atoms with Gasteiger partial charge in [-0.05, 0) is 34.6 Å². The molecule has 9 nitrogen and oxygen atoms in total. The summed E-state index contributed by atoms with van der Waals surface area (Å²) in [4.78, 5) is 25.2. The van der Waals surface area contributed by atoms with Gasteiger partial charge in [0.05, 0.1) is 37.1 Å². The van der Waals surface area contributed by atoms with Crippen LogP contribution in [-0.2, 0) is 9.59 Å². The van der Waals surface area contributed by atoms with Crippen LogP contribution in [0.15, 0.2) is 34.5 Å². The Hall–Kier alpha value is -3.04. The molecule has 0 radical (unpaired) electrons. The van der Waals surface area contributed by atoms with Gasteiger partial charge in [-0.25, -0.2) is 0 Å². The molecule has 0 saturated heterocycles. The summed E-state index contributed by atoms with van der Waals surface area (Å²) in [6, 6.07) is 4.79. The lowest BCUT2D eigenvalue weighted by Gasteiger charge is -2.15. The third kappa shape index (κ3) is 7.73. The fourth-order valence-corrected chi connectivity index (χ4v) is 3.35. The van der Waals surface area contributed by atoms with E-state index in [4.69, 9.17) is 42.1 Å². The Labute approximate surface area is 214 Å². The quantitative estimate of drug-likeness (QED) is 0.244. The van der Waals surface area contributed by atoms with E-state index >= 15 is 0 Å². The summed E-state index contributed by atoms with van der Waals surface area (Å²) in [6.45, 7) is 10.1. The van der Waals surface area contributed by atoms with Gasteiger partial charge in [0, 0.05) is 24.3 Å². The maximum Gasteiger partial charge on any atom is 0.258 e. The molecular formula is C24H29Cl2N3O6. The number of amides is 1. The minimum Gasteiger partial charge on any atom is -0.494 e. The van der Waals surface area contributed by atoms with Crippen LogP contribution in [0, 0.1) is 0 Å². The summed E-state index contributed by atoms with van der Waals surface area (Å²) in [6.07, 6.45) is 0. The number of rotatable bonds is 13. The van der Waals surface area contributed by atoms with Gasteiger partial charge in [0.15, 0.2) is 17.3 Å². The SMILES string of the molecule is CCOc1cc(NC(=O)C(N=Nc2cc(OCC)c(OCC)cc2Cl)C(C)=O)c(Cl)c(OCC)c1. The number of azo groups is 1. The minimum absolute atomic E-state index is 0.166. The Morgan fingerprint density at radius 3 is 2.00 bits per heavy atom. The van der Waals surface area contributed by atoms with Crippen molar-refractivity contribution in [3.05, 3.63) is 34.3 Å². The molecule has 0 fully saturated rings. The summed E-state index contributed by atoms with van der Waals surface area (Å²) in [5.74, 6) is 0.390. The molecule has 1 N–H and O–H groups in total. The average Bonchev–Trinajstić information content (AvgIpc) is 2.80. The van der Waals surface area contributed by atoms with Gasteiger partial charge in [0.1, 0.15) is 22.2 Å². The van der Waals surface area contributed by atoms with Crippen molar-refractivity contribution in [3.63, 3.8) is 0 Å². The minimum atomic E-state index is -1.45. The van der Waals surface area contributed by atoms with Crippen LogP contribution in [0.3, 0.4) is 0 Å². The van der Waals surface area contributed by atoms with Gasteiger partial charge < -0.3 is 24.3 Å². The van der Waals surface area contributed by atoms with E-state index in [1.54, 1.807) is 19.1 Å². The van der Waals surface area contributed by atoms with E-state index in [0.717, 1.165) is 0 Å². The Bertz CT molecular complexity index is 1080. The number of carbonyl (C=O) groups excluding carboxylic acids is 2. The van der Waals surface area contributed by atoms with Crippen LogP contribution in [0.25, 0.3) is 0 Å². The van der Waals surface area contributed by atoms with Crippen molar-refractivity contribution >= 4 is 46.3 Å². The highest BCUT2D eigenvalue weighted by molar-refractivity contribution is 6.35. The molecule has 0 spiro atoms. The molecule has 0 heterocycles. The lowest BCUT2D eigenvalue weighted by atomic mass is 10.2. The monoisotopic (exact) mass is 525 g/mol. The number of hydrogen-bond donors (Lipinski definition) is 1. The van der Waals surface area contributed by atoms with E-state index in [2.05, 4.69) is 15.5 Å². The van der Waals surface area contributed by atoms with Crippen molar-refractivity contribution < 1.29 is 28.5 Å². The van der Waals surface area contributed by atoms with Gasteiger partial charge in [-0.15, -0.1) is 0 Å². The Morgan fingerprint density at radius 2 is 1.43 bits per heavy atom. The molecule has 0 aromatic heterocycles. The molecule has 0 aliphatic rings. The molecule has 1 unspecified atom stereocenters. The molecule has 2 aromatic rings. The summed E-state index contributed by atoms with van der Waals surface area (Å²) >= 11 is 12.7. The molecule has 2 aromatic carbocycles. The van der Waals surface area contributed by atoms with Gasteiger partial charge in [-0.3, -0.25) is 9.59 Å². The first-order valence-electron chi connectivity index (χ1n) is 11.2. The second-order valence-corrected chi connectivity index (χ2v) is 7.77. The number of benzene rings is 2. The summed E-state index contributed by atoms with van der Waals surface area (Å²) in [5.41, 5.74) is 0.429. The molecule has 0 aliphatic carbocycles. The van der Waals surface area contributed by atoms with E-state index < -0.39 is 17.7 Å².